The first-order chi connectivity index (χ1) is 18.3. The molecule has 2 amide bonds. The van der Waals surface area contributed by atoms with Crippen molar-refractivity contribution in [1.29, 1.82) is 0 Å². The number of carbonyl (C=O) groups is 3. The number of halogens is 2. The highest BCUT2D eigenvalue weighted by Gasteiger charge is 2.54. The quantitative estimate of drug-likeness (QED) is 0.111. The van der Waals surface area contributed by atoms with Gasteiger partial charge < -0.3 is 21.0 Å². The maximum Gasteiger partial charge on any atom is 0.352 e. The second-order valence-electron chi connectivity index (χ2n) is 8.19. The molecule has 4 N–H and O–H groups in total. The number of oxime groups is 1. The van der Waals surface area contributed by atoms with Gasteiger partial charge >= 0.3 is 5.97 Å². The summed E-state index contributed by atoms with van der Waals surface area (Å²) in [6.07, 6.45) is 5.33. The van der Waals surface area contributed by atoms with Gasteiger partial charge in [-0.1, -0.05) is 16.8 Å². The molecule has 0 spiro atoms. The Balaban J connectivity index is 1.36. The second-order valence-corrected chi connectivity index (χ2v) is 10.6. The fourth-order valence-corrected chi connectivity index (χ4v) is 6.22. The Morgan fingerprint density at radius 1 is 1.42 bits per heavy atom. The van der Waals surface area contributed by atoms with E-state index < -0.39 is 35.9 Å². The lowest BCUT2D eigenvalue weighted by Gasteiger charge is -2.49. The van der Waals surface area contributed by atoms with Gasteiger partial charge in [-0.2, -0.15) is 0 Å². The van der Waals surface area contributed by atoms with Crippen molar-refractivity contribution in [3.8, 4) is 0 Å². The van der Waals surface area contributed by atoms with Crippen LogP contribution >= 0.6 is 34.7 Å². The van der Waals surface area contributed by atoms with Gasteiger partial charge in [-0.15, -0.1) is 23.1 Å². The molecule has 16 heteroatoms. The molecule has 38 heavy (non-hydrogen) atoms. The first-order valence-electron chi connectivity index (χ1n) is 11.1. The fourth-order valence-electron chi connectivity index (χ4n) is 4.17. The summed E-state index contributed by atoms with van der Waals surface area (Å²) >= 11 is 8.45. The van der Waals surface area contributed by atoms with E-state index in [9.17, 15) is 23.9 Å². The highest BCUT2D eigenvalue weighted by atomic mass is 35.5. The number of imidazole rings is 1. The monoisotopic (exact) mass is 580 g/mol. The fraction of sp³-hybridized carbons (Fsp3) is 0.273. The van der Waals surface area contributed by atoms with Crippen LogP contribution in [0.4, 0.5) is 9.52 Å². The van der Waals surface area contributed by atoms with Crippen molar-refractivity contribution in [1.82, 2.24) is 19.6 Å². The number of thioether (sulfide) groups is 1. The lowest BCUT2D eigenvalue weighted by molar-refractivity contribution is -0.662. The number of carboxylic acid groups (broad SMARTS) is 1. The van der Waals surface area contributed by atoms with Gasteiger partial charge in [-0.05, 0) is 6.07 Å². The zero-order chi connectivity index (χ0) is 27.0. The zero-order valence-corrected chi connectivity index (χ0v) is 21.8. The van der Waals surface area contributed by atoms with Gasteiger partial charge in [0, 0.05) is 22.8 Å². The van der Waals surface area contributed by atoms with E-state index in [1.165, 1.54) is 22.0 Å². The number of aliphatic carboxylic acids is 1. The van der Waals surface area contributed by atoms with Crippen LogP contribution in [-0.4, -0.2) is 73.3 Å². The largest absolute Gasteiger partial charge is 0.477 e. The molecule has 0 radical (unpaired) electrons. The van der Waals surface area contributed by atoms with E-state index in [0.717, 1.165) is 17.0 Å². The lowest BCUT2D eigenvalue weighted by atomic mass is 10.0. The summed E-state index contributed by atoms with van der Waals surface area (Å²) in [5.41, 5.74) is 6.71. The van der Waals surface area contributed by atoms with Crippen LogP contribution in [0.15, 0.2) is 52.5 Å². The van der Waals surface area contributed by atoms with Crippen molar-refractivity contribution in [2.24, 2.45) is 5.16 Å². The Labute approximate surface area is 227 Å². The SMILES string of the molecule is Nc1nc(/C(=N/OCCF)C(=O)N[C@@H]2C(=O)N3C(C(=O)O)=C(C[n+]4ccn5cc(Cl)ccc54)CS[C@@H]23)cs1. The topological polar surface area (TPSA) is 155 Å². The number of rotatable bonds is 9. The summed E-state index contributed by atoms with van der Waals surface area (Å²) in [5, 5.41) is 17.8. The van der Waals surface area contributed by atoms with Crippen LogP contribution < -0.4 is 15.6 Å². The highest BCUT2D eigenvalue weighted by Crippen LogP contribution is 2.40. The molecule has 1 fully saturated rings. The number of fused-ring (bicyclic) bond motifs is 2. The van der Waals surface area contributed by atoms with Crippen LogP contribution in [0.1, 0.15) is 5.69 Å². The average molecular weight is 581 g/mol. The molecule has 5 heterocycles. The molecule has 2 aliphatic rings. The minimum absolute atomic E-state index is 0.107. The summed E-state index contributed by atoms with van der Waals surface area (Å²) in [6.45, 7) is -0.943. The molecule has 5 rings (SSSR count). The third kappa shape index (κ3) is 4.79. The van der Waals surface area contributed by atoms with Gasteiger partial charge in [0.1, 0.15) is 61.2 Å². The minimum Gasteiger partial charge on any atom is -0.477 e. The Hall–Kier alpha value is -3.69. The number of nitrogens with two attached hydrogens (primary N) is 1. The van der Waals surface area contributed by atoms with Crippen LogP contribution in [0.5, 0.6) is 0 Å². The molecule has 3 aromatic rings. The molecule has 0 aromatic carbocycles. The van der Waals surface area contributed by atoms with Crippen molar-refractivity contribution >= 4 is 69.0 Å². The number of carboxylic acids is 1. The predicted octanol–water partition coefficient (Wildman–Crippen LogP) is 1.05. The molecule has 12 nitrogen and oxygen atoms in total. The van der Waals surface area contributed by atoms with E-state index >= 15 is 0 Å². The molecule has 0 saturated carbocycles. The average Bonchev–Trinajstić information content (AvgIpc) is 3.50. The Kier molecular flexibility index (Phi) is 7.23. The lowest BCUT2D eigenvalue weighted by Crippen LogP contribution is -2.71. The Morgan fingerprint density at radius 3 is 2.95 bits per heavy atom. The second kappa shape index (κ2) is 10.6. The molecule has 198 valence electrons. The van der Waals surface area contributed by atoms with Gasteiger partial charge in [0.25, 0.3) is 17.5 Å². The number of pyridine rings is 1. The van der Waals surface area contributed by atoms with Gasteiger partial charge in [0.2, 0.25) is 0 Å². The van der Waals surface area contributed by atoms with Crippen LogP contribution in [0.2, 0.25) is 5.02 Å². The van der Waals surface area contributed by atoms with E-state index in [0.29, 0.717) is 16.3 Å². The summed E-state index contributed by atoms with van der Waals surface area (Å²) in [5.74, 6) is -2.28. The molecule has 1 saturated heterocycles. The number of amides is 2. The molecule has 2 aliphatic heterocycles. The number of anilines is 1. The van der Waals surface area contributed by atoms with E-state index in [4.69, 9.17) is 22.2 Å². The predicted molar refractivity (Wildman–Crippen MR) is 137 cm³/mol. The van der Waals surface area contributed by atoms with Gasteiger partial charge in [0.15, 0.2) is 10.8 Å². The third-order valence-electron chi connectivity index (χ3n) is 5.82. The zero-order valence-electron chi connectivity index (χ0n) is 19.4. The first kappa shape index (κ1) is 25.9. The maximum atomic E-state index is 13.1. The van der Waals surface area contributed by atoms with E-state index in [1.54, 1.807) is 24.7 Å². The molecule has 0 unspecified atom stereocenters. The summed E-state index contributed by atoms with van der Waals surface area (Å²) in [7, 11) is 0. The summed E-state index contributed by atoms with van der Waals surface area (Å²) in [4.78, 5) is 48.3. The highest BCUT2D eigenvalue weighted by molar-refractivity contribution is 8.00. The van der Waals surface area contributed by atoms with E-state index in [2.05, 4.69) is 15.5 Å². The number of aromatic nitrogens is 3. The molecule has 3 aromatic heterocycles. The number of carbonyl (C=O) groups excluding carboxylic acids is 2. The van der Waals surface area contributed by atoms with Gasteiger partial charge in [-0.3, -0.25) is 14.5 Å². The Morgan fingerprint density at radius 2 is 2.24 bits per heavy atom. The number of hydrogen-bond acceptors (Lipinski definition) is 9. The van der Waals surface area contributed by atoms with Crippen molar-refractivity contribution in [3.63, 3.8) is 0 Å². The smallest absolute Gasteiger partial charge is 0.352 e. The Bertz CT molecular complexity index is 1510. The summed E-state index contributed by atoms with van der Waals surface area (Å²) in [6, 6.07) is 2.54. The van der Waals surface area contributed by atoms with Crippen molar-refractivity contribution in [2.75, 3.05) is 24.8 Å². The normalized spacial score (nSPS) is 19.4. The van der Waals surface area contributed by atoms with Crippen LogP contribution in [0.3, 0.4) is 0 Å². The first-order valence-corrected chi connectivity index (χ1v) is 13.4. The van der Waals surface area contributed by atoms with Crippen LogP contribution in [-0.2, 0) is 25.8 Å². The van der Waals surface area contributed by atoms with E-state index in [-0.39, 0.29) is 35.4 Å². The molecular formula is C22H20ClFN7O5S2+. The molecule has 2 atom stereocenters. The van der Waals surface area contributed by atoms with Crippen LogP contribution in [0.25, 0.3) is 5.65 Å². The van der Waals surface area contributed by atoms with Crippen molar-refractivity contribution in [2.45, 2.75) is 18.0 Å². The van der Waals surface area contributed by atoms with Gasteiger partial charge in [-0.25, -0.2) is 23.1 Å². The number of nitrogen functional groups attached to an aromatic ring is 1. The number of hydrogen-bond donors (Lipinski definition) is 3. The standard InChI is InChI=1S/C22H19ClFN7O5S2/c23-12-1-2-14-29(4-5-30(14)8-12)7-11-9-37-20-16(19(33)31(20)17(11)21(34)35)27-18(32)15(28-36-6-3-24)13-10-38-22(25)26-13/h1-2,4-5,8,10,16,20H,3,6-7,9H2,(H3-,25,26,27,32,34,35)/p+1/b28-15-/t16-,20+/m1/s1. The molecular weight excluding hydrogens is 561 g/mol. The van der Waals surface area contributed by atoms with Gasteiger partial charge in [0.05, 0.1) is 5.02 Å². The minimum atomic E-state index is -1.24. The number of nitrogens with zero attached hydrogens (tertiary/aromatic N) is 5. The third-order valence-corrected chi connectivity index (χ3v) is 8.06. The summed E-state index contributed by atoms with van der Waals surface area (Å²) < 4.78 is 16.1. The number of nitrogens with one attached hydrogen (secondary N) is 1. The van der Waals surface area contributed by atoms with Crippen molar-refractivity contribution < 1.29 is 33.3 Å². The molecule has 0 bridgehead atoms. The number of β-lactam (4-membered cyclic amide) rings is 1. The van der Waals surface area contributed by atoms with Crippen molar-refractivity contribution in [3.05, 3.63) is 58.1 Å². The molecule has 0 aliphatic carbocycles. The number of alkyl halides is 1. The maximum absolute atomic E-state index is 13.1. The van der Waals surface area contributed by atoms with Crippen LogP contribution in [0, 0.1) is 0 Å². The number of thiazole rings is 1. The van der Waals surface area contributed by atoms with E-state index in [1.807, 2.05) is 15.0 Å².